The normalized spacial score (nSPS) is 26.9. The topological polar surface area (TPSA) is 15.3 Å². The summed E-state index contributed by atoms with van der Waals surface area (Å²) in [5, 5.41) is 3.85. The highest BCUT2D eigenvalue weighted by Crippen LogP contribution is 2.38. The van der Waals surface area contributed by atoms with Crippen molar-refractivity contribution in [1.29, 1.82) is 0 Å². The summed E-state index contributed by atoms with van der Waals surface area (Å²) in [5.41, 5.74) is 0.349. The van der Waals surface area contributed by atoms with Gasteiger partial charge in [-0.1, -0.05) is 13.8 Å². The van der Waals surface area contributed by atoms with Crippen LogP contribution in [-0.4, -0.2) is 29.6 Å². The van der Waals surface area contributed by atoms with Crippen molar-refractivity contribution in [3.63, 3.8) is 0 Å². The number of thiophene rings is 1. The van der Waals surface area contributed by atoms with E-state index >= 15 is 0 Å². The standard InChI is InChI=1S/C16H25BrN2S/c1-3-16(4-2)11-18-14(12-5-6-12)10-19(16)9-13-7-8-15(17)20-13/h7-8,12,14,18H,3-6,9-11H2,1-2H3. The maximum atomic E-state index is 3.85. The zero-order valence-corrected chi connectivity index (χ0v) is 14.9. The summed E-state index contributed by atoms with van der Waals surface area (Å²) in [6, 6.07) is 5.18. The van der Waals surface area contributed by atoms with Crippen LogP contribution in [0.25, 0.3) is 0 Å². The molecule has 2 aliphatic rings. The number of nitrogens with one attached hydrogen (secondary N) is 1. The van der Waals surface area contributed by atoms with E-state index in [2.05, 4.69) is 52.1 Å². The smallest absolute Gasteiger partial charge is 0.0701 e. The minimum absolute atomic E-state index is 0.349. The van der Waals surface area contributed by atoms with Crippen LogP contribution in [-0.2, 0) is 6.54 Å². The predicted octanol–water partition coefficient (Wildman–Crippen LogP) is 4.25. The van der Waals surface area contributed by atoms with E-state index in [4.69, 9.17) is 0 Å². The Labute approximate surface area is 135 Å². The maximum Gasteiger partial charge on any atom is 0.0701 e. The van der Waals surface area contributed by atoms with E-state index in [-0.39, 0.29) is 0 Å². The molecule has 2 fully saturated rings. The van der Waals surface area contributed by atoms with E-state index in [1.54, 1.807) is 0 Å². The Morgan fingerprint density at radius 1 is 1.35 bits per heavy atom. The van der Waals surface area contributed by atoms with Gasteiger partial charge in [0.15, 0.2) is 0 Å². The van der Waals surface area contributed by atoms with Crippen LogP contribution in [0.1, 0.15) is 44.4 Å². The highest BCUT2D eigenvalue weighted by molar-refractivity contribution is 9.11. The molecule has 4 heteroatoms. The zero-order valence-electron chi connectivity index (χ0n) is 12.5. The van der Waals surface area contributed by atoms with Crippen molar-refractivity contribution < 1.29 is 0 Å². The molecule has 1 N–H and O–H groups in total. The van der Waals surface area contributed by atoms with Gasteiger partial charge in [0.2, 0.25) is 0 Å². The summed E-state index contributed by atoms with van der Waals surface area (Å²) in [4.78, 5) is 4.25. The van der Waals surface area contributed by atoms with Crippen LogP contribution < -0.4 is 5.32 Å². The first kappa shape index (κ1) is 15.0. The van der Waals surface area contributed by atoms with E-state index < -0.39 is 0 Å². The number of piperazine rings is 1. The van der Waals surface area contributed by atoms with Crippen molar-refractivity contribution in [2.45, 2.75) is 57.7 Å². The highest BCUT2D eigenvalue weighted by Gasteiger charge is 2.43. The number of nitrogens with zero attached hydrogens (tertiary/aromatic N) is 1. The largest absolute Gasteiger partial charge is 0.311 e. The van der Waals surface area contributed by atoms with Crippen molar-refractivity contribution in [2.75, 3.05) is 13.1 Å². The van der Waals surface area contributed by atoms with Gasteiger partial charge in [0.25, 0.3) is 0 Å². The fourth-order valence-corrected chi connectivity index (χ4v) is 5.05. The maximum absolute atomic E-state index is 3.85. The Bertz CT molecular complexity index is 451. The molecule has 1 saturated heterocycles. The van der Waals surface area contributed by atoms with Gasteiger partial charge in [-0.2, -0.15) is 0 Å². The second kappa shape index (κ2) is 6.07. The molecule has 112 valence electrons. The summed E-state index contributed by atoms with van der Waals surface area (Å²) in [5.74, 6) is 0.944. The Morgan fingerprint density at radius 3 is 2.65 bits per heavy atom. The Morgan fingerprint density at radius 2 is 2.10 bits per heavy atom. The molecular weight excluding hydrogens is 332 g/mol. The molecule has 1 saturated carbocycles. The van der Waals surface area contributed by atoms with Gasteiger partial charge in [-0.05, 0) is 59.7 Å². The average Bonchev–Trinajstić information content (AvgIpc) is 3.23. The van der Waals surface area contributed by atoms with Crippen LogP contribution in [0.15, 0.2) is 15.9 Å². The first-order chi connectivity index (χ1) is 9.66. The lowest BCUT2D eigenvalue weighted by Gasteiger charge is -2.50. The molecule has 1 atom stereocenters. The lowest BCUT2D eigenvalue weighted by molar-refractivity contribution is 0.0211. The monoisotopic (exact) mass is 356 g/mol. The molecule has 0 amide bonds. The Hall–Kier alpha value is 0.1000. The third-order valence-electron chi connectivity index (χ3n) is 5.26. The minimum Gasteiger partial charge on any atom is -0.311 e. The van der Waals surface area contributed by atoms with Crippen LogP contribution in [0, 0.1) is 5.92 Å². The number of hydrogen-bond acceptors (Lipinski definition) is 3. The van der Waals surface area contributed by atoms with Crippen LogP contribution in [0.2, 0.25) is 0 Å². The van der Waals surface area contributed by atoms with Crippen molar-refractivity contribution in [3.05, 3.63) is 20.8 Å². The van der Waals surface area contributed by atoms with Crippen molar-refractivity contribution >= 4 is 27.3 Å². The van der Waals surface area contributed by atoms with Crippen LogP contribution in [0.4, 0.5) is 0 Å². The molecule has 0 aromatic carbocycles. The van der Waals surface area contributed by atoms with Crippen molar-refractivity contribution in [2.24, 2.45) is 5.92 Å². The summed E-state index contributed by atoms with van der Waals surface area (Å²) in [7, 11) is 0. The summed E-state index contributed by atoms with van der Waals surface area (Å²) in [6.07, 6.45) is 5.34. The zero-order chi connectivity index (χ0) is 14.2. The molecule has 1 aromatic heterocycles. The molecule has 0 radical (unpaired) electrons. The summed E-state index contributed by atoms with van der Waals surface area (Å²) >= 11 is 5.48. The van der Waals surface area contributed by atoms with Crippen molar-refractivity contribution in [1.82, 2.24) is 10.2 Å². The van der Waals surface area contributed by atoms with E-state index in [0.29, 0.717) is 5.54 Å². The molecule has 0 spiro atoms. The van der Waals surface area contributed by atoms with Gasteiger partial charge in [-0.25, -0.2) is 0 Å². The average molecular weight is 357 g/mol. The fourth-order valence-electron chi connectivity index (χ4n) is 3.55. The first-order valence-electron chi connectivity index (χ1n) is 7.89. The fraction of sp³-hybridized carbons (Fsp3) is 0.750. The molecule has 1 aromatic rings. The first-order valence-corrected chi connectivity index (χ1v) is 9.50. The van der Waals surface area contributed by atoms with Gasteiger partial charge in [0, 0.05) is 36.1 Å². The van der Waals surface area contributed by atoms with Gasteiger partial charge in [-0.3, -0.25) is 4.90 Å². The summed E-state index contributed by atoms with van der Waals surface area (Å²) < 4.78 is 1.25. The van der Waals surface area contributed by atoms with E-state index in [0.717, 1.165) is 25.0 Å². The SMILES string of the molecule is CCC1(CC)CNC(C2CC2)CN1Cc1ccc(Br)s1. The van der Waals surface area contributed by atoms with E-state index in [1.165, 1.54) is 40.9 Å². The molecular formula is C16H25BrN2S. The lowest BCUT2D eigenvalue weighted by Crippen LogP contribution is -2.64. The lowest BCUT2D eigenvalue weighted by atomic mass is 9.86. The molecule has 2 nitrogen and oxygen atoms in total. The Balaban J connectivity index is 1.76. The van der Waals surface area contributed by atoms with Crippen LogP contribution >= 0.6 is 27.3 Å². The highest BCUT2D eigenvalue weighted by atomic mass is 79.9. The van der Waals surface area contributed by atoms with Crippen LogP contribution in [0.5, 0.6) is 0 Å². The number of hydrogen-bond donors (Lipinski definition) is 1. The summed E-state index contributed by atoms with van der Waals surface area (Å²) in [6.45, 7) is 8.19. The second-order valence-corrected chi connectivity index (χ2v) is 8.89. The third-order valence-corrected chi connectivity index (χ3v) is 6.87. The van der Waals surface area contributed by atoms with Gasteiger partial charge in [-0.15, -0.1) is 11.3 Å². The minimum atomic E-state index is 0.349. The van der Waals surface area contributed by atoms with Gasteiger partial charge in [0.1, 0.15) is 0 Å². The van der Waals surface area contributed by atoms with E-state index in [1.807, 2.05) is 11.3 Å². The van der Waals surface area contributed by atoms with Gasteiger partial charge in [0.05, 0.1) is 3.79 Å². The van der Waals surface area contributed by atoms with Crippen LogP contribution in [0.3, 0.4) is 0 Å². The Kier molecular flexibility index (Phi) is 4.56. The van der Waals surface area contributed by atoms with Gasteiger partial charge < -0.3 is 5.32 Å². The quantitative estimate of drug-likeness (QED) is 0.847. The molecule has 1 aliphatic carbocycles. The molecule has 0 bridgehead atoms. The van der Waals surface area contributed by atoms with Crippen molar-refractivity contribution in [3.8, 4) is 0 Å². The second-order valence-electron chi connectivity index (χ2n) is 6.34. The molecule has 20 heavy (non-hydrogen) atoms. The predicted molar refractivity (Wildman–Crippen MR) is 90.3 cm³/mol. The number of rotatable bonds is 5. The van der Waals surface area contributed by atoms with E-state index in [9.17, 15) is 0 Å². The molecule has 3 rings (SSSR count). The third kappa shape index (κ3) is 2.99. The molecule has 1 aliphatic heterocycles. The number of halogens is 1. The molecule has 1 unspecified atom stereocenters. The molecule has 2 heterocycles. The van der Waals surface area contributed by atoms with Gasteiger partial charge >= 0.3 is 0 Å².